The van der Waals surface area contributed by atoms with Gasteiger partial charge in [-0.15, -0.1) is 0 Å². The lowest BCUT2D eigenvalue weighted by atomic mass is 9.98. The molecule has 0 atom stereocenters. The van der Waals surface area contributed by atoms with Crippen molar-refractivity contribution in [3.63, 3.8) is 0 Å². The maximum atomic E-state index is 12.2. The van der Waals surface area contributed by atoms with Crippen LogP contribution in [0.4, 0.5) is 0 Å². The summed E-state index contributed by atoms with van der Waals surface area (Å²) < 4.78 is 12.4. The van der Waals surface area contributed by atoms with Gasteiger partial charge in [0, 0.05) is 22.3 Å². The van der Waals surface area contributed by atoms with E-state index in [0.717, 1.165) is 22.3 Å². The molecule has 0 saturated heterocycles. The summed E-state index contributed by atoms with van der Waals surface area (Å²) in [5, 5.41) is 0.485. The SMILES string of the molecule is O=C(CBr)c1ccc2c(c1)OCc1ccccc1COc1cc(C(=O)CBr)ccc1-2. The van der Waals surface area contributed by atoms with Crippen molar-refractivity contribution >= 4 is 43.4 Å². The second-order valence-corrected chi connectivity index (χ2v) is 8.00. The van der Waals surface area contributed by atoms with E-state index in [0.29, 0.717) is 35.8 Å². The molecule has 30 heavy (non-hydrogen) atoms. The summed E-state index contributed by atoms with van der Waals surface area (Å²) in [4.78, 5) is 24.4. The summed E-state index contributed by atoms with van der Waals surface area (Å²) in [5.74, 6) is 1.16. The van der Waals surface area contributed by atoms with E-state index in [9.17, 15) is 9.59 Å². The highest BCUT2D eigenvalue weighted by Crippen LogP contribution is 2.39. The molecule has 4 nitrogen and oxygen atoms in total. The first-order valence-electron chi connectivity index (χ1n) is 9.40. The molecule has 0 saturated carbocycles. The Morgan fingerprint density at radius 3 is 1.53 bits per heavy atom. The number of alkyl halides is 2. The lowest BCUT2D eigenvalue weighted by Crippen LogP contribution is -2.09. The van der Waals surface area contributed by atoms with Crippen LogP contribution in [0.2, 0.25) is 0 Å². The van der Waals surface area contributed by atoms with Gasteiger partial charge in [0.1, 0.15) is 24.7 Å². The molecule has 1 aliphatic rings. The average Bonchev–Trinajstić information content (AvgIpc) is 2.80. The zero-order valence-electron chi connectivity index (χ0n) is 16.0. The number of carbonyl (C=O) groups is 2. The average molecular weight is 530 g/mol. The van der Waals surface area contributed by atoms with E-state index in [2.05, 4.69) is 31.9 Å². The predicted octanol–water partition coefficient (Wildman–Crippen LogP) is 5.98. The molecule has 0 unspecified atom stereocenters. The molecule has 1 aliphatic heterocycles. The van der Waals surface area contributed by atoms with Crippen LogP contribution in [0.5, 0.6) is 11.5 Å². The number of carbonyl (C=O) groups excluding carboxylic acids is 2. The lowest BCUT2D eigenvalue weighted by molar-refractivity contribution is 0.101. The zero-order valence-corrected chi connectivity index (χ0v) is 19.2. The molecule has 0 aliphatic carbocycles. The smallest absolute Gasteiger partial charge is 0.173 e. The molecule has 1 heterocycles. The van der Waals surface area contributed by atoms with Gasteiger partial charge >= 0.3 is 0 Å². The number of hydrogen-bond acceptors (Lipinski definition) is 4. The van der Waals surface area contributed by atoms with Gasteiger partial charge in [-0.1, -0.05) is 68.3 Å². The Labute approximate surface area is 191 Å². The first kappa shape index (κ1) is 20.8. The van der Waals surface area contributed by atoms with Crippen LogP contribution >= 0.6 is 31.9 Å². The maximum Gasteiger partial charge on any atom is 0.173 e. The van der Waals surface area contributed by atoms with E-state index in [1.807, 2.05) is 36.4 Å². The van der Waals surface area contributed by atoms with Crippen LogP contribution in [0.1, 0.15) is 31.8 Å². The Morgan fingerprint density at radius 1 is 0.700 bits per heavy atom. The van der Waals surface area contributed by atoms with Crippen LogP contribution < -0.4 is 9.47 Å². The molecule has 3 aromatic carbocycles. The highest BCUT2D eigenvalue weighted by atomic mass is 79.9. The van der Waals surface area contributed by atoms with Gasteiger partial charge in [0.25, 0.3) is 0 Å². The van der Waals surface area contributed by atoms with Crippen molar-refractivity contribution < 1.29 is 19.1 Å². The number of ketones is 2. The quantitative estimate of drug-likeness (QED) is 0.308. The van der Waals surface area contributed by atoms with Crippen molar-refractivity contribution in [2.75, 3.05) is 10.7 Å². The molecular formula is C24H18Br2O4. The Kier molecular flexibility index (Phi) is 6.35. The van der Waals surface area contributed by atoms with Crippen LogP contribution in [0.25, 0.3) is 11.1 Å². The zero-order chi connectivity index (χ0) is 21.1. The number of Topliss-reactive ketones (excluding diaryl/α,β-unsaturated/α-hetero) is 2. The van der Waals surface area contributed by atoms with E-state index in [1.165, 1.54) is 0 Å². The van der Waals surface area contributed by atoms with E-state index in [1.54, 1.807) is 24.3 Å². The normalized spacial score (nSPS) is 12.5. The van der Waals surface area contributed by atoms with Gasteiger partial charge in [-0.25, -0.2) is 0 Å². The summed E-state index contributed by atoms with van der Waals surface area (Å²) in [6, 6.07) is 18.8. The number of benzene rings is 3. The predicted molar refractivity (Wildman–Crippen MR) is 123 cm³/mol. The third-order valence-corrected chi connectivity index (χ3v) is 6.04. The number of ether oxygens (including phenoxy) is 2. The minimum absolute atomic E-state index is 0.0198. The number of halogens is 2. The topological polar surface area (TPSA) is 52.6 Å². The molecule has 0 fully saturated rings. The van der Waals surface area contributed by atoms with E-state index >= 15 is 0 Å². The van der Waals surface area contributed by atoms with Crippen molar-refractivity contribution in [3.05, 3.63) is 82.9 Å². The molecule has 0 radical (unpaired) electrons. The summed E-state index contributed by atoms with van der Waals surface area (Å²) in [6.07, 6.45) is 0. The molecule has 0 spiro atoms. The monoisotopic (exact) mass is 528 g/mol. The summed E-state index contributed by atoms with van der Waals surface area (Å²) >= 11 is 6.46. The van der Waals surface area contributed by atoms with Crippen LogP contribution in [-0.4, -0.2) is 22.2 Å². The van der Waals surface area contributed by atoms with E-state index < -0.39 is 0 Å². The summed E-state index contributed by atoms with van der Waals surface area (Å²) in [6.45, 7) is 0.738. The van der Waals surface area contributed by atoms with E-state index in [-0.39, 0.29) is 22.2 Å². The molecule has 0 aromatic heterocycles. The standard InChI is InChI=1S/C24H18Br2O4/c25-11-21(27)15-5-7-19-20-8-6-16(22(28)12-26)10-24(20)30-14-18-4-2-1-3-17(18)13-29-23(19)9-15/h1-10H,11-14H2. The first-order chi connectivity index (χ1) is 14.6. The molecule has 6 heteroatoms. The van der Waals surface area contributed by atoms with Gasteiger partial charge in [-0.05, 0) is 35.4 Å². The Hall–Kier alpha value is -2.44. The maximum absolute atomic E-state index is 12.2. The van der Waals surface area contributed by atoms with Gasteiger partial charge in [0.05, 0.1) is 10.7 Å². The van der Waals surface area contributed by atoms with Gasteiger partial charge in [-0.3, -0.25) is 9.59 Å². The first-order valence-corrected chi connectivity index (χ1v) is 11.6. The third-order valence-electron chi connectivity index (χ3n) is 5.02. The van der Waals surface area contributed by atoms with Crippen molar-refractivity contribution in [1.82, 2.24) is 0 Å². The summed E-state index contributed by atoms with van der Waals surface area (Å²) in [5.41, 5.74) is 4.80. The molecule has 4 rings (SSSR count). The number of rotatable bonds is 4. The molecule has 152 valence electrons. The van der Waals surface area contributed by atoms with Crippen molar-refractivity contribution in [3.8, 4) is 22.6 Å². The largest absolute Gasteiger partial charge is 0.488 e. The fraction of sp³-hybridized carbons (Fsp3) is 0.167. The summed E-state index contributed by atoms with van der Waals surface area (Å²) in [7, 11) is 0. The minimum Gasteiger partial charge on any atom is -0.488 e. The molecule has 0 bridgehead atoms. The molecule has 3 aromatic rings. The molecule has 0 N–H and O–H groups in total. The molecular weight excluding hydrogens is 512 g/mol. The fourth-order valence-corrected chi connectivity index (χ4v) is 4.03. The van der Waals surface area contributed by atoms with Gasteiger partial charge < -0.3 is 9.47 Å². The molecule has 0 amide bonds. The van der Waals surface area contributed by atoms with Crippen LogP contribution in [0.3, 0.4) is 0 Å². The highest BCUT2D eigenvalue weighted by Gasteiger charge is 2.19. The third kappa shape index (κ3) is 4.20. The fourth-order valence-electron chi connectivity index (χ4n) is 3.38. The van der Waals surface area contributed by atoms with Crippen molar-refractivity contribution in [2.45, 2.75) is 13.2 Å². The van der Waals surface area contributed by atoms with Crippen molar-refractivity contribution in [2.24, 2.45) is 0 Å². The van der Waals surface area contributed by atoms with Gasteiger partial charge in [0.2, 0.25) is 0 Å². The van der Waals surface area contributed by atoms with E-state index in [4.69, 9.17) is 9.47 Å². The van der Waals surface area contributed by atoms with Gasteiger partial charge in [0.15, 0.2) is 11.6 Å². The lowest BCUT2D eigenvalue weighted by Gasteiger charge is -2.20. The van der Waals surface area contributed by atoms with Gasteiger partial charge in [-0.2, -0.15) is 0 Å². The van der Waals surface area contributed by atoms with Crippen LogP contribution in [-0.2, 0) is 13.2 Å². The van der Waals surface area contributed by atoms with Crippen LogP contribution in [0, 0.1) is 0 Å². The Bertz CT molecular complexity index is 1040. The number of hydrogen-bond donors (Lipinski definition) is 0. The highest BCUT2D eigenvalue weighted by molar-refractivity contribution is 9.09. The van der Waals surface area contributed by atoms with Crippen LogP contribution in [0.15, 0.2) is 60.7 Å². The second kappa shape index (κ2) is 9.14. The Balaban J connectivity index is 1.88. The number of fused-ring (bicyclic) bond motifs is 4. The second-order valence-electron chi connectivity index (χ2n) is 6.88. The minimum atomic E-state index is -0.0198. The Morgan fingerprint density at radius 2 is 1.13 bits per heavy atom. The van der Waals surface area contributed by atoms with Crippen molar-refractivity contribution in [1.29, 1.82) is 0 Å².